The molecule has 0 spiro atoms. The van der Waals surface area contributed by atoms with Crippen LogP contribution in [0.25, 0.3) is 6.08 Å². The van der Waals surface area contributed by atoms with Crippen LogP contribution in [0, 0.1) is 0 Å². The van der Waals surface area contributed by atoms with E-state index in [1.54, 1.807) is 10.9 Å². The molecule has 0 fully saturated rings. The van der Waals surface area contributed by atoms with Crippen LogP contribution in [0.1, 0.15) is 30.5 Å². The van der Waals surface area contributed by atoms with Gasteiger partial charge in [-0.05, 0) is 37.0 Å². The molecule has 0 saturated heterocycles. The van der Waals surface area contributed by atoms with Gasteiger partial charge in [-0.1, -0.05) is 47.7 Å². The second-order valence-electron chi connectivity index (χ2n) is 9.26. The van der Waals surface area contributed by atoms with E-state index < -0.39 is 47.0 Å². The molecule has 250 valence electrons. The number of aromatic nitrogens is 6. The molecule has 0 saturated carbocycles. The van der Waals surface area contributed by atoms with E-state index in [4.69, 9.17) is 39.1 Å². The summed E-state index contributed by atoms with van der Waals surface area (Å²) in [5.41, 5.74) is 1.42. The first-order valence-electron chi connectivity index (χ1n) is 12.4. The summed E-state index contributed by atoms with van der Waals surface area (Å²) in [4.78, 5) is 72.9. The smallest absolute Gasteiger partial charge is 0.368 e. The minimum Gasteiger partial charge on any atom is -0.368 e. The minimum absolute atomic E-state index is 0.00569. The van der Waals surface area contributed by atoms with Gasteiger partial charge in [-0.25, -0.2) is 4.68 Å². The lowest BCUT2D eigenvalue weighted by molar-refractivity contribution is 0.120. The Hall–Kier alpha value is -2.50. The average molecular weight is 716 g/mol. The number of hydrogen-bond acceptors (Lipinski definition) is 10. The van der Waals surface area contributed by atoms with Crippen molar-refractivity contribution in [2.45, 2.75) is 42.5 Å². The highest BCUT2D eigenvalue weighted by atomic mass is 31.2. The standard InChI is InChI=1S/C14H17N3O7P2.C7H15N3O7P2/c18-14(25(19,20)21,26(22,23)24)9-5-4-8-13-11-17(16-15-13)10-12-6-2-1-3-7-12;11-7(18(12,13)14,19(15,16)17)3-1-2-6-10-8-4-5-9-10/h1-9,11,18H,10H2,(H2,19,20,21)(H2,22,23,24);4-5,11H,1-3,6H2,(H2,12,13,14)(H2,15,16,17). The van der Waals surface area contributed by atoms with Crippen molar-refractivity contribution in [3.63, 3.8) is 0 Å². The van der Waals surface area contributed by atoms with E-state index in [1.165, 1.54) is 29.3 Å². The number of aliphatic hydroxyl groups is 2. The van der Waals surface area contributed by atoms with E-state index in [9.17, 15) is 28.5 Å². The summed E-state index contributed by atoms with van der Waals surface area (Å²) >= 11 is 0. The van der Waals surface area contributed by atoms with Crippen molar-refractivity contribution in [2.75, 3.05) is 0 Å². The Balaban J connectivity index is 0.000000330. The van der Waals surface area contributed by atoms with Crippen LogP contribution in [-0.4, -0.2) is 89.5 Å². The lowest BCUT2D eigenvalue weighted by Crippen LogP contribution is -2.28. The second-order valence-corrected chi connectivity index (χ2v) is 17.2. The Morgan fingerprint density at radius 3 is 1.82 bits per heavy atom. The molecule has 0 unspecified atom stereocenters. The molecule has 0 bridgehead atoms. The molecule has 45 heavy (non-hydrogen) atoms. The predicted octanol–water partition coefficient (Wildman–Crippen LogP) is 0.347. The summed E-state index contributed by atoms with van der Waals surface area (Å²) in [5.74, 6) is 0. The van der Waals surface area contributed by atoms with E-state index >= 15 is 0 Å². The molecule has 2 heterocycles. The molecule has 3 rings (SSSR count). The molecule has 24 heteroatoms. The summed E-state index contributed by atoms with van der Waals surface area (Å²) < 4.78 is 46.0. The van der Waals surface area contributed by atoms with Gasteiger partial charge in [0.1, 0.15) is 5.69 Å². The molecule has 0 aliphatic rings. The fourth-order valence-corrected chi connectivity index (χ4v) is 7.55. The van der Waals surface area contributed by atoms with E-state index in [1.807, 2.05) is 30.3 Å². The minimum atomic E-state index is -5.52. The fraction of sp³-hybridized carbons (Fsp3) is 0.333. The summed E-state index contributed by atoms with van der Waals surface area (Å²) in [5, 5.41) is 27.7. The summed E-state index contributed by atoms with van der Waals surface area (Å²) in [6, 6.07) is 9.51. The Bertz CT molecular complexity index is 1580. The van der Waals surface area contributed by atoms with Crippen LogP contribution in [0.4, 0.5) is 0 Å². The summed E-state index contributed by atoms with van der Waals surface area (Å²) in [6.45, 7) is 0.805. The van der Waals surface area contributed by atoms with E-state index in [-0.39, 0.29) is 6.42 Å². The van der Waals surface area contributed by atoms with Crippen molar-refractivity contribution in [3.8, 4) is 0 Å². The number of aryl methyl sites for hydroxylation is 1. The van der Waals surface area contributed by atoms with Gasteiger partial charge in [-0.15, -0.1) is 5.10 Å². The van der Waals surface area contributed by atoms with Crippen molar-refractivity contribution >= 4 is 36.5 Å². The lowest BCUT2D eigenvalue weighted by Gasteiger charge is -2.29. The Labute approximate surface area is 255 Å². The lowest BCUT2D eigenvalue weighted by atomic mass is 10.2. The molecule has 2 aromatic heterocycles. The van der Waals surface area contributed by atoms with Crippen molar-refractivity contribution in [1.29, 1.82) is 0 Å². The molecule has 0 aliphatic heterocycles. The van der Waals surface area contributed by atoms with Crippen molar-refractivity contribution in [3.05, 3.63) is 78.4 Å². The molecular weight excluding hydrogens is 684 g/mol. The summed E-state index contributed by atoms with van der Waals surface area (Å²) in [6.07, 6.45) is 7.96. The maximum atomic E-state index is 11.2. The molecule has 3 aromatic rings. The molecule has 0 radical (unpaired) electrons. The number of allylic oxidation sites excluding steroid dienone is 2. The van der Waals surface area contributed by atoms with E-state index in [0.29, 0.717) is 31.3 Å². The van der Waals surface area contributed by atoms with Crippen LogP contribution in [0.3, 0.4) is 0 Å². The van der Waals surface area contributed by atoms with E-state index in [0.717, 1.165) is 11.6 Å². The first-order chi connectivity index (χ1) is 20.6. The van der Waals surface area contributed by atoms with Gasteiger partial charge >= 0.3 is 30.4 Å². The number of rotatable bonds is 14. The molecule has 1 aromatic carbocycles. The molecule has 10 N–H and O–H groups in total. The first-order valence-corrected chi connectivity index (χ1v) is 18.9. The van der Waals surface area contributed by atoms with Crippen LogP contribution < -0.4 is 0 Å². The maximum absolute atomic E-state index is 11.2. The monoisotopic (exact) mass is 716 g/mol. The largest absolute Gasteiger partial charge is 0.373 e. The number of unbranched alkanes of at least 4 members (excludes halogenated alkanes) is 1. The van der Waals surface area contributed by atoms with Gasteiger partial charge in [-0.3, -0.25) is 18.3 Å². The topological polar surface area (TPSA) is 332 Å². The first kappa shape index (κ1) is 38.7. The van der Waals surface area contributed by atoms with Crippen molar-refractivity contribution in [1.82, 2.24) is 30.0 Å². The Morgan fingerprint density at radius 1 is 0.756 bits per heavy atom. The quantitative estimate of drug-likeness (QED) is 0.0611. The van der Waals surface area contributed by atoms with Gasteiger partial charge in [0, 0.05) is 0 Å². The predicted molar refractivity (Wildman–Crippen MR) is 156 cm³/mol. The number of hydrogen-bond donors (Lipinski definition) is 10. The van der Waals surface area contributed by atoms with Crippen LogP contribution in [0.2, 0.25) is 0 Å². The normalized spacial score (nSPS) is 13.7. The third-order valence-corrected chi connectivity index (χ3v) is 13.3. The van der Waals surface area contributed by atoms with Gasteiger partial charge in [0.2, 0.25) is 0 Å². The van der Waals surface area contributed by atoms with Gasteiger partial charge in [0.25, 0.3) is 10.2 Å². The highest BCUT2D eigenvalue weighted by molar-refractivity contribution is 7.72. The van der Waals surface area contributed by atoms with Gasteiger partial charge in [0.05, 0.1) is 31.7 Å². The summed E-state index contributed by atoms with van der Waals surface area (Å²) in [7, 11) is -21.7. The highest BCUT2D eigenvalue weighted by Crippen LogP contribution is 2.69. The van der Waals surface area contributed by atoms with Gasteiger partial charge < -0.3 is 49.4 Å². The van der Waals surface area contributed by atoms with Gasteiger partial charge in [0.15, 0.2) is 0 Å². The number of benzene rings is 1. The van der Waals surface area contributed by atoms with Gasteiger partial charge in [-0.2, -0.15) is 15.0 Å². The Kier molecular flexibility index (Phi) is 13.2. The van der Waals surface area contributed by atoms with Crippen LogP contribution in [0.15, 0.2) is 67.2 Å². The van der Waals surface area contributed by atoms with Crippen molar-refractivity contribution in [2.24, 2.45) is 0 Å². The SMILES string of the molecule is O=P(O)(O)C(O)(C=CC=Cc1cn(Cc2ccccc2)nn1)P(=O)(O)O.O=P(O)(O)C(O)(CCCCn1nccn1)P(=O)(O)O. The number of nitrogens with zero attached hydrogens (tertiary/aromatic N) is 6. The average Bonchev–Trinajstić information content (AvgIpc) is 3.59. The fourth-order valence-electron chi connectivity index (χ4n) is 3.38. The van der Waals surface area contributed by atoms with Crippen molar-refractivity contribution < 1.29 is 67.6 Å². The zero-order valence-electron chi connectivity index (χ0n) is 23.0. The second kappa shape index (κ2) is 15.4. The van der Waals surface area contributed by atoms with Crippen LogP contribution in [0.5, 0.6) is 0 Å². The maximum Gasteiger partial charge on any atom is 0.373 e. The molecule has 0 atom stereocenters. The highest BCUT2D eigenvalue weighted by Gasteiger charge is 2.59. The Morgan fingerprint density at radius 2 is 1.31 bits per heavy atom. The molecule has 0 aliphatic carbocycles. The third-order valence-electron chi connectivity index (χ3n) is 5.82. The zero-order chi connectivity index (χ0) is 34.2. The molecule has 20 nitrogen and oxygen atoms in total. The zero-order valence-corrected chi connectivity index (χ0v) is 26.6. The molecule has 0 amide bonds. The third kappa shape index (κ3) is 10.8. The van der Waals surface area contributed by atoms with Crippen LogP contribution >= 0.6 is 30.4 Å². The van der Waals surface area contributed by atoms with E-state index in [2.05, 4.69) is 20.5 Å². The molecular formula is C21H32N6O14P4. The van der Waals surface area contributed by atoms with Crippen LogP contribution in [-0.2, 0) is 31.3 Å².